The number of carboxylic acid groups (broad SMARTS) is 1. The quantitative estimate of drug-likeness (QED) is 0.930. The van der Waals surface area contributed by atoms with Gasteiger partial charge in [-0.2, -0.15) is 5.26 Å². The van der Waals surface area contributed by atoms with Crippen molar-refractivity contribution in [2.75, 3.05) is 0 Å². The molecular weight excluding hydrogens is 318 g/mol. The number of carboxylic acids is 1. The summed E-state index contributed by atoms with van der Waals surface area (Å²) in [6, 6.07) is 8.39. The lowest BCUT2D eigenvalue weighted by Gasteiger charge is -2.05. The summed E-state index contributed by atoms with van der Waals surface area (Å²) in [6.07, 6.45) is 0. The van der Waals surface area contributed by atoms with Crippen LogP contribution in [0.4, 0.5) is 0 Å². The molecular formula is C12H6BrNO3S. The largest absolute Gasteiger partial charge is 0.477 e. The number of thiophene rings is 1. The Labute approximate surface area is 115 Å². The molecule has 0 aliphatic rings. The molecule has 0 unspecified atom stereocenters. The van der Waals surface area contributed by atoms with Crippen molar-refractivity contribution in [3.8, 4) is 17.6 Å². The summed E-state index contributed by atoms with van der Waals surface area (Å²) in [5, 5.41) is 19.1. The van der Waals surface area contributed by atoms with Gasteiger partial charge in [-0.1, -0.05) is 0 Å². The summed E-state index contributed by atoms with van der Waals surface area (Å²) < 4.78 is 6.17. The number of halogens is 1. The van der Waals surface area contributed by atoms with E-state index < -0.39 is 5.97 Å². The number of benzene rings is 1. The fourth-order valence-electron chi connectivity index (χ4n) is 1.26. The van der Waals surface area contributed by atoms with Gasteiger partial charge in [0.2, 0.25) is 0 Å². The molecule has 2 rings (SSSR count). The van der Waals surface area contributed by atoms with Gasteiger partial charge in [0.15, 0.2) is 0 Å². The van der Waals surface area contributed by atoms with Gasteiger partial charge >= 0.3 is 5.97 Å². The number of rotatable bonds is 3. The van der Waals surface area contributed by atoms with Gasteiger partial charge in [0.25, 0.3) is 0 Å². The number of nitrogens with zero attached hydrogens (tertiary/aromatic N) is 1. The molecule has 0 amide bonds. The van der Waals surface area contributed by atoms with Gasteiger partial charge in [-0.15, -0.1) is 11.3 Å². The first-order valence-corrected chi connectivity index (χ1v) is 6.47. The Morgan fingerprint density at radius 1 is 1.44 bits per heavy atom. The summed E-state index contributed by atoms with van der Waals surface area (Å²) in [5.41, 5.74) is 0.519. The van der Waals surface area contributed by atoms with E-state index in [0.717, 1.165) is 11.3 Å². The highest BCUT2D eigenvalue weighted by Gasteiger charge is 2.10. The van der Waals surface area contributed by atoms with Crippen molar-refractivity contribution in [3.05, 3.63) is 44.6 Å². The van der Waals surface area contributed by atoms with E-state index in [1.54, 1.807) is 23.6 Å². The fourth-order valence-corrected chi connectivity index (χ4v) is 2.37. The Hall–Kier alpha value is -1.84. The van der Waals surface area contributed by atoms with E-state index >= 15 is 0 Å². The average Bonchev–Trinajstić information content (AvgIpc) is 2.80. The van der Waals surface area contributed by atoms with Gasteiger partial charge in [-0.05, 0) is 34.1 Å². The zero-order chi connectivity index (χ0) is 13.1. The normalized spacial score (nSPS) is 9.78. The van der Waals surface area contributed by atoms with Gasteiger partial charge in [0.05, 0.1) is 16.1 Å². The van der Waals surface area contributed by atoms with E-state index in [0.29, 0.717) is 21.5 Å². The Morgan fingerprint density at radius 3 is 2.78 bits per heavy atom. The summed E-state index contributed by atoms with van der Waals surface area (Å²) in [6.45, 7) is 0. The third kappa shape index (κ3) is 2.70. The Kier molecular flexibility index (Phi) is 3.65. The molecule has 0 saturated carbocycles. The highest BCUT2D eigenvalue weighted by molar-refractivity contribution is 9.10. The Morgan fingerprint density at radius 2 is 2.22 bits per heavy atom. The van der Waals surface area contributed by atoms with Crippen LogP contribution in [-0.2, 0) is 0 Å². The van der Waals surface area contributed by atoms with Crippen LogP contribution in [0.25, 0.3) is 0 Å². The van der Waals surface area contributed by atoms with Crippen LogP contribution in [0.3, 0.4) is 0 Å². The number of ether oxygens (including phenoxy) is 1. The molecule has 18 heavy (non-hydrogen) atoms. The number of hydrogen-bond donors (Lipinski definition) is 1. The molecule has 0 bridgehead atoms. The lowest BCUT2D eigenvalue weighted by Crippen LogP contribution is -1.90. The van der Waals surface area contributed by atoms with E-state index in [2.05, 4.69) is 15.9 Å². The van der Waals surface area contributed by atoms with Crippen molar-refractivity contribution in [1.29, 1.82) is 5.26 Å². The zero-order valence-corrected chi connectivity index (χ0v) is 11.3. The molecule has 0 fully saturated rings. The van der Waals surface area contributed by atoms with Crippen LogP contribution < -0.4 is 4.74 Å². The highest BCUT2D eigenvalue weighted by Crippen LogP contribution is 2.32. The van der Waals surface area contributed by atoms with Gasteiger partial charge in [-0.25, -0.2) is 4.79 Å². The number of nitriles is 1. The second-order valence-electron chi connectivity index (χ2n) is 3.31. The molecule has 0 aliphatic carbocycles. The number of hydrogen-bond acceptors (Lipinski definition) is 4. The van der Waals surface area contributed by atoms with Crippen molar-refractivity contribution in [2.24, 2.45) is 0 Å². The van der Waals surface area contributed by atoms with E-state index in [1.807, 2.05) is 6.07 Å². The second-order valence-corrected chi connectivity index (χ2v) is 5.08. The minimum atomic E-state index is -0.978. The summed E-state index contributed by atoms with van der Waals surface area (Å²) in [5.74, 6) is 0.0142. The van der Waals surface area contributed by atoms with Crippen molar-refractivity contribution in [1.82, 2.24) is 0 Å². The maximum absolute atomic E-state index is 10.7. The van der Waals surface area contributed by atoms with Crippen LogP contribution in [0.15, 0.2) is 34.1 Å². The molecule has 1 aromatic heterocycles. The molecule has 2 aromatic rings. The summed E-state index contributed by atoms with van der Waals surface area (Å²) in [4.78, 5) is 10.9. The number of carbonyl (C=O) groups is 1. The van der Waals surface area contributed by atoms with Gasteiger partial charge < -0.3 is 9.84 Å². The smallest absolute Gasteiger partial charge is 0.346 e. The molecule has 0 saturated heterocycles. The first kappa shape index (κ1) is 12.6. The molecule has 0 radical (unpaired) electrons. The topological polar surface area (TPSA) is 70.3 Å². The lowest BCUT2D eigenvalue weighted by atomic mass is 10.2. The highest BCUT2D eigenvalue weighted by atomic mass is 79.9. The maximum Gasteiger partial charge on any atom is 0.346 e. The van der Waals surface area contributed by atoms with Gasteiger partial charge in [0.1, 0.15) is 16.4 Å². The van der Waals surface area contributed by atoms with Crippen LogP contribution in [0.1, 0.15) is 15.2 Å². The van der Waals surface area contributed by atoms with Crippen LogP contribution in [-0.4, -0.2) is 11.1 Å². The Balaban J connectivity index is 2.23. The van der Waals surface area contributed by atoms with Crippen LogP contribution in [0.5, 0.6) is 11.5 Å². The molecule has 1 N–H and O–H groups in total. The molecule has 0 atom stereocenters. The Bertz CT molecular complexity index is 645. The predicted molar refractivity (Wildman–Crippen MR) is 70.2 cm³/mol. The predicted octanol–water partition coefficient (Wildman–Crippen LogP) is 3.87. The van der Waals surface area contributed by atoms with Crippen molar-refractivity contribution in [3.63, 3.8) is 0 Å². The lowest BCUT2D eigenvalue weighted by molar-refractivity contribution is 0.0702. The first-order valence-electron chi connectivity index (χ1n) is 4.79. The third-order valence-corrected chi connectivity index (χ3v) is 3.59. The SMILES string of the molecule is N#Cc1ccc(Oc2csc(C(=O)O)c2)c(Br)c1. The molecule has 1 heterocycles. The summed E-state index contributed by atoms with van der Waals surface area (Å²) >= 11 is 4.39. The number of aromatic carboxylic acids is 1. The molecule has 6 heteroatoms. The van der Waals surface area contributed by atoms with Crippen LogP contribution >= 0.6 is 27.3 Å². The van der Waals surface area contributed by atoms with E-state index in [-0.39, 0.29) is 4.88 Å². The van der Waals surface area contributed by atoms with E-state index in [1.165, 1.54) is 6.07 Å². The van der Waals surface area contributed by atoms with E-state index in [4.69, 9.17) is 15.1 Å². The van der Waals surface area contributed by atoms with Crippen molar-refractivity contribution in [2.45, 2.75) is 0 Å². The monoisotopic (exact) mass is 323 g/mol. The third-order valence-electron chi connectivity index (χ3n) is 2.07. The van der Waals surface area contributed by atoms with Crippen molar-refractivity contribution >= 4 is 33.2 Å². The minimum absolute atomic E-state index is 0.217. The van der Waals surface area contributed by atoms with Gasteiger partial charge in [0, 0.05) is 11.4 Å². The second kappa shape index (κ2) is 5.21. The molecule has 4 nitrogen and oxygen atoms in total. The zero-order valence-electron chi connectivity index (χ0n) is 8.88. The molecule has 90 valence electrons. The molecule has 0 spiro atoms. The van der Waals surface area contributed by atoms with Crippen LogP contribution in [0.2, 0.25) is 0 Å². The average molecular weight is 324 g/mol. The van der Waals surface area contributed by atoms with Crippen LogP contribution in [0, 0.1) is 11.3 Å². The summed E-state index contributed by atoms with van der Waals surface area (Å²) in [7, 11) is 0. The van der Waals surface area contributed by atoms with E-state index in [9.17, 15) is 4.79 Å². The molecule has 1 aromatic carbocycles. The fraction of sp³-hybridized carbons (Fsp3) is 0. The van der Waals surface area contributed by atoms with Crippen molar-refractivity contribution < 1.29 is 14.6 Å². The standard InChI is InChI=1S/C12H6BrNO3S/c13-9-3-7(5-14)1-2-10(9)17-8-4-11(12(15)16)18-6-8/h1-4,6H,(H,15,16). The molecule has 0 aliphatic heterocycles. The minimum Gasteiger partial charge on any atom is -0.477 e. The van der Waals surface area contributed by atoms with Gasteiger partial charge in [-0.3, -0.25) is 0 Å². The first-order chi connectivity index (χ1) is 8.60. The maximum atomic E-state index is 10.7.